The summed E-state index contributed by atoms with van der Waals surface area (Å²) in [5.41, 5.74) is 5.73. The average Bonchev–Trinajstić information content (AvgIpc) is 2.85. The van der Waals surface area contributed by atoms with Gasteiger partial charge in [0, 0.05) is 26.3 Å². The van der Waals surface area contributed by atoms with E-state index in [1.807, 2.05) is 13.8 Å². The molecule has 1 heterocycles. The number of hydrogen-bond acceptors (Lipinski definition) is 4. The molecule has 1 rings (SSSR count). The minimum absolute atomic E-state index is 0.201. The number of nitrogens with two attached hydrogens (primary N) is 1. The molecule has 0 aliphatic carbocycles. The molecule has 7 heteroatoms. The Labute approximate surface area is 118 Å². The lowest BCUT2D eigenvalue weighted by Crippen LogP contribution is -2.46. The van der Waals surface area contributed by atoms with Crippen LogP contribution in [0.15, 0.2) is 12.5 Å². The maximum Gasteiger partial charge on any atom is 0.272 e. The van der Waals surface area contributed by atoms with Crippen LogP contribution in [-0.4, -0.2) is 41.0 Å². The Morgan fingerprint density at radius 1 is 1.45 bits per heavy atom. The summed E-state index contributed by atoms with van der Waals surface area (Å²) in [4.78, 5) is 27.8. The maximum absolute atomic E-state index is 12.1. The zero-order chi connectivity index (χ0) is 15.1. The van der Waals surface area contributed by atoms with Gasteiger partial charge >= 0.3 is 0 Å². The molecule has 2 amide bonds. The maximum atomic E-state index is 12.1. The summed E-state index contributed by atoms with van der Waals surface area (Å²) in [5, 5.41) is 5.27. The van der Waals surface area contributed by atoms with E-state index in [1.54, 1.807) is 24.1 Å². The smallest absolute Gasteiger partial charge is 0.272 e. The molecule has 0 bridgehead atoms. The summed E-state index contributed by atoms with van der Waals surface area (Å²) >= 11 is 0. The Bertz CT molecular complexity index is 455. The molecule has 0 spiro atoms. The van der Waals surface area contributed by atoms with Gasteiger partial charge in [0.15, 0.2) is 0 Å². The van der Waals surface area contributed by atoms with E-state index in [0.717, 1.165) is 0 Å². The van der Waals surface area contributed by atoms with Crippen molar-refractivity contribution in [2.24, 2.45) is 11.7 Å². The summed E-state index contributed by atoms with van der Waals surface area (Å²) < 4.78 is 1.74. The van der Waals surface area contributed by atoms with Crippen LogP contribution in [-0.2, 0) is 11.3 Å². The highest BCUT2D eigenvalue weighted by atomic mass is 16.2. The van der Waals surface area contributed by atoms with Crippen LogP contribution in [0.25, 0.3) is 0 Å². The van der Waals surface area contributed by atoms with E-state index in [0.29, 0.717) is 25.4 Å². The van der Waals surface area contributed by atoms with Gasteiger partial charge < -0.3 is 20.9 Å². The average molecular weight is 281 g/mol. The monoisotopic (exact) mass is 281 g/mol. The first-order chi connectivity index (χ1) is 9.47. The van der Waals surface area contributed by atoms with E-state index in [4.69, 9.17) is 5.73 Å². The van der Waals surface area contributed by atoms with Gasteiger partial charge in [0.2, 0.25) is 5.91 Å². The van der Waals surface area contributed by atoms with Crippen molar-refractivity contribution >= 4 is 11.8 Å². The van der Waals surface area contributed by atoms with Crippen LogP contribution < -0.4 is 16.4 Å². The summed E-state index contributed by atoms with van der Waals surface area (Å²) in [5.74, 6) is -0.254. The third-order valence-electron chi connectivity index (χ3n) is 2.83. The van der Waals surface area contributed by atoms with Gasteiger partial charge in [-0.15, -0.1) is 0 Å². The fraction of sp³-hybridized carbons (Fsp3) is 0.615. The third-order valence-corrected chi connectivity index (χ3v) is 2.83. The first kappa shape index (κ1) is 16.2. The van der Waals surface area contributed by atoms with E-state index in [-0.39, 0.29) is 17.5 Å². The zero-order valence-corrected chi connectivity index (χ0v) is 12.2. The van der Waals surface area contributed by atoms with Crippen LogP contribution in [0, 0.1) is 5.92 Å². The van der Waals surface area contributed by atoms with E-state index in [2.05, 4.69) is 15.6 Å². The topological polar surface area (TPSA) is 102 Å². The molecule has 20 heavy (non-hydrogen) atoms. The second kappa shape index (κ2) is 7.64. The van der Waals surface area contributed by atoms with Crippen molar-refractivity contribution in [3.63, 3.8) is 0 Å². The zero-order valence-electron chi connectivity index (χ0n) is 12.2. The highest BCUT2D eigenvalue weighted by Crippen LogP contribution is 2.06. The molecule has 7 nitrogen and oxygen atoms in total. The number of rotatable bonds is 7. The highest BCUT2D eigenvalue weighted by molar-refractivity contribution is 5.95. The molecule has 0 radical (unpaired) electrons. The van der Waals surface area contributed by atoms with E-state index in [1.165, 1.54) is 0 Å². The van der Waals surface area contributed by atoms with Crippen LogP contribution in [0.3, 0.4) is 0 Å². The molecule has 1 aromatic rings. The van der Waals surface area contributed by atoms with E-state index >= 15 is 0 Å². The quantitative estimate of drug-likeness (QED) is 0.640. The Balaban J connectivity index is 2.71. The molecule has 1 atom stereocenters. The van der Waals surface area contributed by atoms with Gasteiger partial charge in [-0.2, -0.15) is 0 Å². The molecular formula is C13H23N5O2. The number of amides is 2. The Hall–Kier alpha value is -1.89. The summed E-state index contributed by atoms with van der Waals surface area (Å²) in [6.07, 6.45) is 3.76. The third kappa shape index (κ3) is 4.65. The number of nitrogens with zero attached hydrogens (tertiary/aromatic N) is 2. The fourth-order valence-corrected chi connectivity index (χ4v) is 1.86. The van der Waals surface area contributed by atoms with E-state index in [9.17, 15) is 9.59 Å². The SMILES string of the molecule is CNC(=O)C(CC(C)C)NC(=O)c1cn(CCN)cn1. The first-order valence-electron chi connectivity index (χ1n) is 6.72. The van der Waals surface area contributed by atoms with Crippen LogP contribution in [0.4, 0.5) is 0 Å². The van der Waals surface area contributed by atoms with Crippen LogP contribution in [0.5, 0.6) is 0 Å². The van der Waals surface area contributed by atoms with Crippen LogP contribution in [0.2, 0.25) is 0 Å². The summed E-state index contributed by atoms with van der Waals surface area (Å²) in [7, 11) is 1.55. The number of carbonyl (C=O) groups is 2. The van der Waals surface area contributed by atoms with Crippen molar-refractivity contribution in [2.45, 2.75) is 32.9 Å². The fourth-order valence-electron chi connectivity index (χ4n) is 1.86. The molecule has 0 saturated heterocycles. The normalized spacial score (nSPS) is 12.2. The van der Waals surface area contributed by atoms with Crippen molar-refractivity contribution in [1.29, 1.82) is 0 Å². The van der Waals surface area contributed by atoms with Gasteiger partial charge in [0.25, 0.3) is 5.91 Å². The van der Waals surface area contributed by atoms with Gasteiger partial charge in [-0.05, 0) is 12.3 Å². The Kier molecular flexibility index (Phi) is 6.17. The lowest BCUT2D eigenvalue weighted by molar-refractivity contribution is -0.122. The molecule has 1 aromatic heterocycles. The lowest BCUT2D eigenvalue weighted by atomic mass is 10.0. The summed E-state index contributed by atoms with van der Waals surface area (Å²) in [6, 6.07) is -0.549. The highest BCUT2D eigenvalue weighted by Gasteiger charge is 2.22. The standard InChI is InChI=1S/C13H23N5O2/c1-9(2)6-10(12(19)15-3)17-13(20)11-7-18(5-4-14)8-16-11/h7-10H,4-6,14H2,1-3H3,(H,15,19)(H,17,20). The van der Waals surface area contributed by atoms with Gasteiger partial charge in [0.1, 0.15) is 11.7 Å². The number of likely N-dealkylation sites (N-methyl/N-ethyl adjacent to an activating group) is 1. The molecule has 112 valence electrons. The van der Waals surface area contributed by atoms with Crippen LogP contribution in [0.1, 0.15) is 30.8 Å². The number of carbonyl (C=O) groups excluding carboxylic acids is 2. The minimum atomic E-state index is -0.549. The van der Waals surface area contributed by atoms with Crippen molar-refractivity contribution in [2.75, 3.05) is 13.6 Å². The molecule has 1 unspecified atom stereocenters. The Morgan fingerprint density at radius 3 is 2.70 bits per heavy atom. The number of imidazole rings is 1. The number of hydrogen-bond donors (Lipinski definition) is 3. The molecule has 4 N–H and O–H groups in total. The number of aromatic nitrogens is 2. The second-order valence-corrected chi connectivity index (χ2v) is 5.06. The molecule has 0 saturated carbocycles. The predicted molar refractivity (Wildman–Crippen MR) is 76.1 cm³/mol. The summed E-state index contributed by atoms with van der Waals surface area (Å²) in [6.45, 7) is 5.08. The number of nitrogens with one attached hydrogen (secondary N) is 2. The first-order valence-corrected chi connectivity index (χ1v) is 6.72. The predicted octanol–water partition coefficient (Wildman–Crippen LogP) is -0.268. The van der Waals surface area contributed by atoms with Gasteiger partial charge in [-0.25, -0.2) is 4.98 Å². The molecule has 0 aliphatic heterocycles. The molecule has 0 aliphatic rings. The lowest BCUT2D eigenvalue weighted by Gasteiger charge is -2.18. The molecule has 0 aromatic carbocycles. The van der Waals surface area contributed by atoms with Crippen LogP contribution >= 0.6 is 0 Å². The van der Waals surface area contributed by atoms with Gasteiger partial charge in [0.05, 0.1) is 6.33 Å². The van der Waals surface area contributed by atoms with Crippen molar-refractivity contribution in [1.82, 2.24) is 20.2 Å². The van der Waals surface area contributed by atoms with Gasteiger partial charge in [-0.3, -0.25) is 9.59 Å². The Morgan fingerprint density at radius 2 is 2.15 bits per heavy atom. The van der Waals surface area contributed by atoms with Crippen molar-refractivity contribution in [3.8, 4) is 0 Å². The largest absolute Gasteiger partial charge is 0.357 e. The molecule has 0 fully saturated rings. The van der Waals surface area contributed by atoms with E-state index < -0.39 is 6.04 Å². The second-order valence-electron chi connectivity index (χ2n) is 5.06. The van der Waals surface area contributed by atoms with Crippen molar-refractivity contribution in [3.05, 3.63) is 18.2 Å². The van der Waals surface area contributed by atoms with Crippen molar-refractivity contribution < 1.29 is 9.59 Å². The molecular weight excluding hydrogens is 258 g/mol. The van der Waals surface area contributed by atoms with Gasteiger partial charge in [-0.1, -0.05) is 13.8 Å². The minimum Gasteiger partial charge on any atom is -0.357 e.